The van der Waals surface area contributed by atoms with Gasteiger partial charge in [0.15, 0.2) is 0 Å². The molecule has 0 fully saturated rings. The summed E-state index contributed by atoms with van der Waals surface area (Å²) in [5.41, 5.74) is 0. The number of hydrogen-bond donors (Lipinski definition) is 1. The molecule has 12 heavy (non-hydrogen) atoms. The maximum atomic E-state index is 5.39. The molecule has 64 valence electrons. The molecule has 1 atom stereocenters. The first kappa shape index (κ1) is 9.79. The summed E-state index contributed by atoms with van der Waals surface area (Å²) in [4.78, 5) is 1.18. The molecule has 0 saturated heterocycles. The van der Waals surface area contributed by atoms with Crippen molar-refractivity contribution in [2.75, 3.05) is 6.54 Å². The van der Waals surface area contributed by atoms with Crippen molar-refractivity contribution < 1.29 is 0 Å². The van der Waals surface area contributed by atoms with Crippen molar-refractivity contribution in [1.82, 2.24) is 5.32 Å². The van der Waals surface area contributed by atoms with Gasteiger partial charge in [-0.15, -0.1) is 17.8 Å². The molecule has 1 heterocycles. The lowest BCUT2D eigenvalue weighted by atomic mass is 10.2. The highest BCUT2D eigenvalue weighted by Gasteiger charge is 2.10. The number of nitrogens with one attached hydrogen (secondary N) is 1. The van der Waals surface area contributed by atoms with Gasteiger partial charge < -0.3 is 0 Å². The van der Waals surface area contributed by atoms with Gasteiger partial charge in [-0.3, -0.25) is 5.32 Å². The quantitative estimate of drug-likeness (QED) is 0.806. The molecule has 1 unspecified atom stereocenters. The molecular formula is C9H10BrNS. The first-order valence-electron chi connectivity index (χ1n) is 3.72. The van der Waals surface area contributed by atoms with Gasteiger partial charge in [0.25, 0.3) is 0 Å². The Labute approximate surface area is 85.3 Å². The second-order valence-corrected chi connectivity index (χ2v) is 4.09. The van der Waals surface area contributed by atoms with Gasteiger partial charge in [-0.1, -0.05) is 12.8 Å². The lowest BCUT2D eigenvalue weighted by molar-refractivity contribution is 0.672. The Morgan fingerprint density at radius 1 is 1.83 bits per heavy atom. The van der Waals surface area contributed by atoms with Crippen LogP contribution < -0.4 is 5.32 Å². The molecule has 0 saturated carbocycles. The molecule has 0 aliphatic carbocycles. The van der Waals surface area contributed by atoms with Crippen LogP contribution in [-0.2, 0) is 0 Å². The number of halogens is 1. The average Bonchev–Trinajstić information content (AvgIpc) is 2.47. The average molecular weight is 244 g/mol. The van der Waals surface area contributed by atoms with E-state index in [-0.39, 0.29) is 6.04 Å². The van der Waals surface area contributed by atoms with Crippen molar-refractivity contribution in [2.45, 2.75) is 13.0 Å². The summed E-state index contributed by atoms with van der Waals surface area (Å²) in [6.45, 7) is 2.94. The first-order chi connectivity index (χ1) is 5.79. The summed E-state index contributed by atoms with van der Waals surface area (Å²) in [6, 6.07) is 2.06. The van der Waals surface area contributed by atoms with Crippen LogP contribution in [0.5, 0.6) is 0 Å². The van der Waals surface area contributed by atoms with Crippen LogP contribution in [0.2, 0.25) is 0 Å². The van der Waals surface area contributed by atoms with Gasteiger partial charge in [0.1, 0.15) is 6.04 Å². The SMILES string of the molecule is C#CC(NCC)c1sccc1Br. The van der Waals surface area contributed by atoms with Crippen molar-refractivity contribution in [1.29, 1.82) is 0 Å². The Balaban J connectivity index is 2.81. The van der Waals surface area contributed by atoms with Crippen LogP contribution in [0.4, 0.5) is 0 Å². The Bertz CT molecular complexity index is 287. The van der Waals surface area contributed by atoms with E-state index in [1.807, 2.05) is 18.4 Å². The Hall–Kier alpha value is -0.300. The van der Waals surface area contributed by atoms with Crippen molar-refractivity contribution in [2.24, 2.45) is 0 Å². The Morgan fingerprint density at radius 2 is 2.58 bits per heavy atom. The predicted molar refractivity (Wildman–Crippen MR) is 57.3 cm³/mol. The molecule has 0 amide bonds. The van der Waals surface area contributed by atoms with E-state index >= 15 is 0 Å². The van der Waals surface area contributed by atoms with Crippen LogP contribution in [0.25, 0.3) is 0 Å². The first-order valence-corrected chi connectivity index (χ1v) is 5.39. The normalized spacial score (nSPS) is 12.4. The standard InChI is InChI=1S/C9H10BrNS/c1-3-8(11-4-2)9-7(10)5-6-12-9/h1,5-6,8,11H,4H2,2H3. The van der Waals surface area contributed by atoms with E-state index in [4.69, 9.17) is 6.42 Å². The number of thiophene rings is 1. The van der Waals surface area contributed by atoms with Gasteiger partial charge in [-0.2, -0.15) is 0 Å². The molecule has 0 aliphatic heterocycles. The molecule has 0 radical (unpaired) electrons. The zero-order chi connectivity index (χ0) is 8.97. The molecule has 3 heteroatoms. The van der Waals surface area contributed by atoms with E-state index in [0.717, 1.165) is 11.0 Å². The highest BCUT2D eigenvalue weighted by molar-refractivity contribution is 9.10. The summed E-state index contributed by atoms with van der Waals surface area (Å²) in [5.74, 6) is 2.72. The van der Waals surface area contributed by atoms with E-state index in [1.54, 1.807) is 11.3 Å². The lowest BCUT2D eigenvalue weighted by Crippen LogP contribution is -2.18. The van der Waals surface area contributed by atoms with Crippen LogP contribution in [0.1, 0.15) is 17.8 Å². The van der Waals surface area contributed by atoms with Crippen LogP contribution in [0, 0.1) is 12.3 Å². The second-order valence-electron chi connectivity index (χ2n) is 2.29. The fourth-order valence-electron chi connectivity index (χ4n) is 0.943. The van der Waals surface area contributed by atoms with E-state index in [2.05, 4.69) is 27.2 Å². The third-order valence-corrected chi connectivity index (χ3v) is 3.42. The zero-order valence-electron chi connectivity index (χ0n) is 6.80. The van der Waals surface area contributed by atoms with Crippen molar-refractivity contribution >= 4 is 27.3 Å². The summed E-state index contributed by atoms with van der Waals surface area (Å²) in [7, 11) is 0. The topological polar surface area (TPSA) is 12.0 Å². The minimum Gasteiger partial charge on any atom is -0.300 e. The van der Waals surface area contributed by atoms with Crippen LogP contribution in [0.15, 0.2) is 15.9 Å². The van der Waals surface area contributed by atoms with Crippen LogP contribution >= 0.6 is 27.3 Å². The largest absolute Gasteiger partial charge is 0.300 e. The number of terminal acetylenes is 1. The Morgan fingerprint density at radius 3 is 3.00 bits per heavy atom. The minimum absolute atomic E-state index is 0.0457. The predicted octanol–water partition coefficient (Wildman–Crippen LogP) is 2.79. The lowest BCUT2D eigenvalue weighted by Gasteiger charge is -2.09. The molecule has 1 rings (SSSR count). The van der Waals surface area contributed by atoms with E-state index in [1.165, 1.54) is 4.88 Å². The molecule has 1 nitrogen and oxygen atoms in total. The molecular weight excluding hydrogens is 234 g/mol. The molecule has 1 aromatic heterocycles. The molecule has 1 N–H and O–H groups in total. The molecule has 1 aromatic rings. The maximum Gasteiger partial charge on any atom is 0.105 e. The number of rotatable bonds is 3. The highest BCUT2D eigenvalue weighted by atomic mass is 79.9. The second kappa shape index (κ2) is 4.66. The molecule has 0 bridgehead atoms. The van der Waals surface area contributed by atoms with Crippen molar-refractivity contribution in [3.63, 3.8) is 0 Å². The maximum absolute atomic E-state index is 5.39. The van der Waals surface area contributed by atoms with Gasteiger partial charge in [-0.05, 0) is 33.9 Å². The summed E-state index contributed by atoms with van der Waals surface area (Å²) < 4.78 is 1.09. The highest BCUT2D eigenvalue weighted by Crippen LogP contribution is 2.28. The summed E-state index contributed by atoms with van der Waals surface area (Å²) in [5, 5.41) is 5.25. The monoisotopic (exact) mass is 243 g/mol. The van der Waals surface area contributed by atoms with Crippen molar-refractivity contribution in [3.8, 4) is 12.3 Å². The zero-order valence-corrected chi connectivity index (χ0v) is 9.21. The van der Waals surface area contributed by atoms with Crippen LogP contribution in [-0.4, -0.2) is 6.54 Å². The third kappa shape index (κ3) is 2.10. The third-order valence-electron chi connectivity index (χ3n) is 1.48. The molecule has 0 spiro atoms. The van der Waals surface area contributed by atoms with E-state index in [0.29, 0.717) is 0 Å². The van der Waals surface area contributed by atoms with Gasteiger partial charge in [-0.25, -0.2) is 0 Å². The van der Waals surface area contributed by atoms with Gasteiger partial charge in [0, 0.05) is 9.35 Å². The Kier molecular flexibility index (Phi) is 3.80. The summed E-state index contributed by atoms with van der Waals surface area (Å²) in [6.07, 6.45) is 5.39. The van der Waals surface area contributed by atoms with Gasteiger partial charge in [0.05, 0.1) is 0 Å². The van der Waals surface area contributed by atoms with E-state index in [9.17, 15) is 0 Å². The fourth-order valence-corrected chi connectivity index (χ4v) is 2.58. The van der Waals surface area contributed by atoms with Gasteiger partial charge >= 0.3 is 0 Å². The van der Waals surface area contributed by atoms with E-state index < -0.39 is 0 Å². The molecule has 0 aliphatic rings. The summed E-state index contributed by atoms with van der Waals surface area (Å²) >= 11 is 5.12. The molecule has 0 aromatic carbocycles. The smallest absolute Gasteiger partial charge is 0.105 e. The number of hydrogen-bond acceptors (Lipinski definition) is 2. The minimum atomic E-state index is 0.0457. The van der Waals surface area contributed by atoms with Gasteiger partial charge in [0.2, 0.25) is 0 Å². The van der Waals surface area contributed by atoms with Crippen LogP contribution in [0.3, 0.4) is 0 Å². The van der Waals surface area contributed by atoms with Crippen molar-refractivity contribution in [3.05, 3.63) is 20.8 Å². The fraction of sp³-hybridized carbons (Fsp3) is 0.333.